The summed E-state index contributed by atoms with van der Waals surface area (Å²) in [6.07, 6.45) is 3.10. The fraction of sp³-hybridized carbons (Fsp3) is 0.200. The number of nitrogen functional groups attached to an aromatic ring is 1. The molecule has 4 N–H and O–H groups in total. The summed E-state index contributed by atoms with van der Waals surface area (Å²) in [5.74, 6) is 1.17. The average molecular weight is 522 g/mol. The SMILES string of the molecule is C=C(C)CNCCOC(=O)NCc1ccc(Cn2c(-c3cccnc3)nc3c(N)nc4ccccc4c32)cc1. The van der Waals surface area contributed by atoms with E-state index < -0.39 is 6.09 Å². The molecule has 3 aromatic heterocycles. The molecule has 9 heteroatoms. The van der Waals surface area contributed by atoms with Crippen molar-refractivity contribution in [2.45, 2.75) is 20.0 Å². The smallest absolute Gasteiger partial charge is 0.407 e. The molecule has 5 aromatic rings. The number of benzene rings is 2. The number of pyridine rings is 2. The van der Waals surface area contributed by atoms with Gasteiger partial charge in [0.1, 0.15) is 17.9 Å². The summed E-state index contributed by atoms with van der Waals surface area (Å²) in [6.45, 7) is 8.30. The highest BCUT2D eigenvalue weighted by molar-refractivity contribution is 6.07. The minimum absolute atomic E-state index is 0.297. The number of hydrogen-bond acceptors (Lipinski definition) is 7. The van der Waals surface area contributed by atoms with Crippen LogP contribution >= 0.6 is 0 Å². The van der Waals surface area contributed by atoms with E-state index in [0.29, 0.717) is 44.1 Å². The van der Waals surface area contributed by atoms with E-state index in [1.807, 2.05) is 55.5 Å². The van der Waals surface area contributed by atoms with Crippen LogP contribution in [0.3, 0.4) is 0 Å². The topological polar surface area (TPSA) is 120 Å². The van der Waals surface area contributed by atoms with Crippen LogP contribution < -0.4 is 16.4 Å². The molecule has 0 unspecified atom stereocenters. The summed E-state index contributed by atoms with van der Waals surface area (Å²) < 4.78 is 7.37. The highest BCUT2D eigenvalue weighted by Gasteiger charge is 2.19. The first-order valence-electron chi connectivity index (χ1n) is 12.8. The molecule has 0 atom stereocenters. The molecule has 1 amide bonds. The third kappa shape index (κ3) is 6.05. The Kier molecular flexibility index (Phi) is 7.79. The number of carbonyl (C=O) groups is 1. The van der Waals surface area contributed by atoms with Crippen LogP contribution in [0.15, 0.2) is 85.2 Å². The number of anilines is 1. The molecule has 0 aliphatic rings. The zero-order valence-electron chi connectivity index (χ0n) is 21.9. The minimum atomic E-state index is -0.444. The van der Waals surface area contributed by atoms with Gasteiger partial charge in [-0.25, -0.2) is 14.8 Å². The molecule has 0 radical (unpaired) electrons. The number of nitrogens with one attached hydrogen (secondary N) is 2. The molecule has 0 bridgehead atoms. The van der Waals surface area contributed by atoms with E-state index in [0.717, 1.165) is 44.5 Å². The Balaban J connectivity index is 1.34. The van der Waals surface area contributed by atoms with Gasteiger partial charge in [0.15, 0.2) is 5.82 Å². The van der Waals surface area contributed by atoms with Crippen molar-refractivity contribution < 1.29 is 9.53 Å². The predicted molar refractivity (Wildman–Crippen MR) is 154 cm³/mol. The standard InChI is InChI=1S/C30H31N7O2/c1-20(2)16-33-14-15-39-30(38)34-17-21-9-11-22(12-10-21)19-37-27-24-7-3-4-8-25(24)35-28(31)26(27)36-29(37)23-6-5-13-32-18-23/h3-13,18,33H,1,14-17,19H2,2H3,(H2,31,35)(H,34,38). The Morgan fingerprint density at radius 2 is 1.85 bits per heavy atom. The van der Waals surface area contributed by atoms with Crippen LogP contribution in [0, 0.1) is 0 Å². The maximum absolute atomic E-state index is 12.0. The molecule has 2 aromatic carbocycles. The normalized spacial score (nSPS) is 11.1. The number of nitrogens with two attached hydrogens (primary N) is 1. The highest BCUT2D eigenvalue weighted by atomic mass is 16.5. The number of hydrogen-bond donors (Lipinski definition) is 3. The molecule has 0 fully saturated rings. The van der Waals surface area contributed by atoms with Crippen molar-refractivity contribution in [2.24, 2.45) is 0 Å². The largest absolute Gasteiger partial charge is 0.448 e. The number of ether oxygens (including phenoxy) is 1. The number of alkyl carbamates (subject to hydrolysis) is 1. The maximum Gasteiger partial charge on any atom is 0.407 e. The Morgan fingerprint density at radius 1 is 1.05 bits per heavy atom. The van der Waals surface area contributed by atoms with E-state index in [1.165, 1.54) is 0 Å². The van der Waals surface area contributed by atoms with Gasteiger partial charge in [0.05, 0.1) is 11.0 Å². The molecule has 5 rings (SSSR count). The van der Waals surface area contributed by atoms with Gasteiger partial charge in [0, 0.05) is 49.5 Å². The van der Waals surface area contributed by atoms with Crippen LogP contribution in [0.25, 0.3) is 33.3 Å². The lowest BCUT2D eigenvalue weighted by atomic mass is 10.1. The number of rotatable bonds is 10. The zero-order chi connectivity index (χ0) is 27.2. The second-order valence-electron chi connectivity index (χ2n) is 9.41. The first-order valence-corrected chi connectivity index (χ1v) is 12.8. The van der Waals surface area contributed by atoms with Gasteiger partial charge in [-0.2, -0.15) is 0 Å². The summed E-state index contributed by atoms with van der Waals surface area (Å²) in [7, 11) is 0. The number of fused-ring (bicyclic) bond motifs is 3. The van der Waals surface area contributed by atoms with Gasteiger partial charge in [-0.1, -0.05) is 54.6 Å². The van der Waals surface area contributed by atoms with Crippen LogP contribution in [0.1, 0.15) is 18.1 Å². The third-order valence-electron chi connectivity index (χ3n) is 6.27. The van der Waals surface area contributed by atoms with Crippen molar-refractivity contribution in [2.75, 3.05) is 25.4 Å². The van der Waals surface area contributed by atoms with Crippen LogP contribution in [0.4, 0.5) is 10.6 Å². The van der Waals surface area contributed by atoms with Gasteiger partial charge in [-0.3, -0.25) is 4.98 Å². The van der Waals surface area contributed by atoms with E-state index >= 15 is 0 Å². The number of nitrogens with zero attached hydrogens (tertiary/aromatic N) is 4. The monoisotopic (exact) mass is 521 g/mol. The van der Waals surface area contributed by atoms with Crippen molar-refractivity contribution >= 4 is 33.8 Å². The number of carbonyl (C=O) groups excluding carboxylic acids is 1. The number of amides is 1. The summed E-state index contributed by atoms with van der Waals surface area (Å²) in [5, 5.41) is 6.93. The Morgan fingerprint density at radius 3 is 2.62 bits per heavy atom. The number of para-hydroxylation sites is 1. The van der Waals surface area contributed by atoms with Gasteiger partial charge in [0.2, 0.25) is 0 Å². The third-order valence-corrected chi connectivity index (χ3v) is 6.27. The minimum Gasteiger partial charge on any atom is -0.448 e. The van der Waals surface area contributed by atoms with Crippen molar-refractivity contribution in [3.8, 4) is 11.4 Å². The fourth-order valence-corrected chi connectivity index (χ4v) is 4.42. The van der Waals surface area contributed by atoms with Crippen LogP contribution in [-0.4, -0.2) is 45.3 Å². The molecule has 0 aliphatic carbocycles. The van der Waals surface area contributed by atoms with Gasteiger partial charge in [-0.05, 0) is 36.2 Å². The number of aromatic nitrogens is 4. The molecule has 0 saturated carbocycles. The van der Waals surface area contributed by atoms with E-state index in [2.05, 4.69) is 43.9 Å². The van der Waals surface area contributed by atoms with E-state index in [9.17, 15) is 4.79 Å². The van der Waals surface area contributed by atoms with Gasteiger partial charge < -0.3 is 25.7 Å². The molecule has 198 valence electrons. The quantitative estimate of drug-likeness (QED) is 0.180. The van der Waals surface area contributed by atoms with Crippen molar-refractivity contribution in [1.29, 1.82) is 0 Å². The van der Waals surface area contributed by atoms with Crippen molar-refractivity contribution in [3.63, 3.8) is 0 Å². The van der Waals surface area contributed by atoms with Gasteiger partial charge in [-0.15, -0.1) is 0 Å². The zero-order valence-corrected chi connectivity index (χ0v) is 21.9. The molecule has 0 aliphatic heterocycles. The average Bonchev–Trinajstić information content (AvgIpc) is 3.33. The lowest BCUT2D eigenvalue weighted by molar-refractivity contribution is 0.146. The van der Waals surface area contributed by atoms with Crippen LogP contribution in [0.2, 0.25) is 0 Å². The van der Waals surface area contributed by atoms with E-state index in [4.69, 9.17) is 15.5 Å². The van der Waals surface area contributed by atoms with E-state index in [1.54, 1.807) is 12.4 Å². The Bertz CT molecular complexity index is 1610. The predicted octanol–water partition coefficient (Wildman–Crippen LogP) is 4.67. The molecule has 39 heavy (non-hydrogen) atoms. The molecular formula is C30H31N7O2. The second kappa shape index (κ2) is 11.7. The summed E-state index contributed by atoms with van der Waals surface area (Å²) in [5.41, 5.74) is 12.8. The lowest BCUT2D eigenvalue weighted by Crippen LogP contribution is -2.28. The fourth-order valence-electron chi connectivity index (χ4n) is 4.42. The van der Waals surface area contributed by atoms with E-state index in [-0.39, 0.29) is 0 Å². The summed E-state index contributed by atoms with van der Waals surface area (Å²) >= 11 is 0. The Hall–Kier alpha value is -4.76. The van der Waals surface area contributed by atoms with Gasteiger partial charge in [0.25, 0.3) is 0 Å². The first-order chi connectivity index (χ1) is 19.0. The van der Waals surface area contributed by atoms with Crippen molar-refractivity contribution in [3.05, 3.63) is 96.3 Å². The summed E-state index contributed by atoms with van der Waals surface area (Å²) in [4.78, 5) is 25.8. The van der Waals surface area contributed by atoms with Crippen molar-refractivity contribution in [1.82, 2.24) is 30.2 Å². The molecular weight excluding hydrogens is 490 g/mol. The summed E-state index contributed by atoms with van der Waals surface area (Å²) in [6, 6.07) is 19.9. The van der Waals surface area contributed by atoms with Gasteiger partial charge >= 0.3 is 6.09 Å². The molecule has 0 saturated heterocycles. The maximum atomic E-state index is 12.0. The Labute approximate surface area is 226 Å². The first kappa shape index (κ1) is 25.9. The highest BCUT2D eigenvalue weighted by Crippen LogP contribution is 2.33. The molecule has 9 nitrogen and oxygen atoms in total. The van der Waals surface area contributed by atoms with Crippen LogP contribution in [0.5, 0.6) is 0 Å². The molecule has 0 spiro atoms. The second-order valence-corrected chi connectivity index (χ2v) is 9.41. The molecule has 3 heterocycles. The number of imidazole rings is 1. The van der Waals surface area contributed by atoms with Crippen LogP contribution in [-0.2, 0) is 17.8 Å². The lowest BCUT2D eigenvalue weighted by Gasteiger charge is -2.12.